The van der Waals surface area contributed by atoms with Gasteiger partial charge in [-0.2, -0.15) is 0 Å². The Morgan fingerprint density at radius 1 is 1.22 bits per heavy atom. The minimum atomic E-state index is -3.74. The first-order chi connectivity index (χ1) is 8.05. The maximum absolute atomic E-state index is 11.5. The highest BCUT2D eigenvalue weighted by Gasteiger charge is 2.52. The second-order valence-corrected chi connectivity index (χ2v) is 7.97. The lowest BCUT2D eigenvalue weighted by Gasteiger charge is -2.32. The van der Waals surface area contributed by atoms with Crippen molar-refractivity contribution in [2.75, 3.05) is 0 Å². The summed E-state index contributed by atoms with van der Waals surface area (Å²) in [5.41, 5.74) is -0.536. The highest BCUT2D eigenvalue weighted by molar-refractivity contribution is 7.91. The van der Waals surface area contributed by atoms with Crippen molar-refractivity contribution in [3.63, 3.8) is 0 Å². The van der Waals surface area contributed by atoms with Gasteiger partial charge in [0.2, 0.25) is 10.0 Å². The van der Waals surface area contributed by atoms with Gasteiger partial charge in [0.1, 0.15) is 4.21 Å². The van der Waals surface area contributed by atoms with E-state index in [1.54, 1.807) is 11.4 Å². The maximum atomic E-state index is 11.5. The molecule has 2 rings (SSSR count). The summed E-state index contributed by atoms with van der Waals surface area (Å²) in [6, 6.07) is 1.67. The zero-order valence-corrected chi connectivity index (χ0v) is 12.4. The third-order valence-electron chi connectivity index (χ3n) is 3.42. The monoisotopic (exact) mass is 289 g/mol. The number of hydrogen-bond donors (Lipinski definition) is 1. The molecule has 0 aliphatic carbocycles. The number of hydrogen-bond acceptors (Lipinski definition) is 5. The van der Waals surface area contributed by atoms with Crippen LogP contribution in [0.4, 0.5) is 0 Å². The predicted molar refractivity (Wildman–Crippen MR) is 71.4 cm³/mol. The molecule has 0 unspecified atom stereocenters. The Morgan fingerprint density at radius 2 is 1.72 bits per heavy atom. The van der Waals surface area contributed by atoms with Crippen molar-refractivity contribution >= 4 is 33.9 Å². The summed E-state index contributed by atoms with van der Waals surface area (Å²) < 4.78 is 34.7. The van der Waals surface area contributed by atoms with E-state index in [0.29, 0.717) is 5.46 Å². The van der Waals surface area contributed by atoms with Crippen LogP contribution in [0, 0.1) is 0 Å². The number of nitrogens with two attached hydrogens (primary N) is 1. The minimum Gasteiger partial charge on any atom is -0.399 e. The van der Waals surface area contributed by atoms with E-state index in [4.69, 9.17) is 14.4 Å². The molecule has 0 bridgehead atoms. The smallest absolute Gasteiger partial charge is 0.399 e. The van der Waals surface area contributed by atoms with Crippen LogP contribution in [-0.4, -0.2) is 26.7 Å². The third-order valence-corrected chi connectivity index (χ3v) is 5.88. The Bertz CT molecular complexity index is 548. The molecule has 0 radical (unpaired) electrons. The molecule has 1 saturated heterocycles. The third kappa shape index (κ3) is 2.23. The number of rotatable bonds is 2. The second-order valence-electron chi connectivity index (χ2n) is 5.30. The Hall–Kier alpha value is -0.405. The van der Waals surface area contributed by atoms with Crippen molar-refractivity contribution in [3.05, 3.63) is 11.4 Å². The molecule has 1 aliphatic rings. The van der Waals surface area contributed by atoms with Gasteiger partial charge in [0.15, 0.2) is 0 Å². The predicted octanol–water partition coefficient (Wildman–Crippen LogP) is 0.695. The molecule has 0 atom stereocenters. The van der Waals surface area contributed by atoms with Gasteiger partial charge in [-0.3, -0.25) is 0 Å². The van der Waals surface area contributed by atoms with Gasteiger partial charge in [0.05, 0.1) is 11.2 Å². The first kappa shape index (κ1) is 14.0. The largest absolute Gasteiger partial charge is 0.497 e. The molecule has 5 nitrogen and oxygen atoms in total. The summed E-state index contributed by atoms with van der Waals surface area (Å²) in [5.74, 6) is 0. The zero-order chi connectivity index (χ0) is 13.8. The fourth-order valence-corrected chi connectivity index (χ4v) is 3.52. The van der Waals surface area contributed by atoms with Crippen LogP contribution in [0.2, 0.25) is 0 Å². The van der Waals surface area contributed by atoms with Gasteiger partial charge in [-0.25, -0.2) is 13.6 Å². The quantitative estimate of drug-likeness (QED) is 0.813. The van der Waals surface area contributed by atoms with E-state index >= 15 is 0 Å². The van der Waals surface area contributed by atoms with Crippen LogP contribution in [0.3, 0.4) is 0 Å². The molecular formula is C10H16BNO4S2. The van der Waals surface area contributed by atoms with Crippen molar-refractivity contribution in [1.82, 2.24) is 0 Å². The maximum Gasteiger partial charge on any atom is 0.497 e. The molecule has 2 heterocycles. The average molecular weight is 289 g/mol. The second kappa shape index (κ2) is 4.04. The summed E-state index contributed by atoms with van der Waals surface area (Å²) in [4.78, 5) is 0. The standard InChI is InChI=1S/C10H16BNO4S2/c1-9(2)10(3,4)16-11(15-9)7-5-6-17-8(7)18(12,13)14/h5-6H,1-4H3,(H2,12,13,14). The molecule has 0 saturated carbocycles. The fraction of sp³-hybridized carbons (Fsp3) is 0.600. The molecule has 0 aromatic carbocycles. The Kier molecular flexibility index (Phi) is 3.15. The lowest BCUT2D eigenvalue weighted by atomic mass is 9.81. The van der Waals surface area contributed by atoms with E-state index in [1.165, 1.54) is 0 Å². The summed E-state index contributed by atoms with van der Waals surface area (Å²) >= 11 is 1.07. The Balaban J connectivity index is 2.40. The van der Waals surface area contributed by atoms with Crippen LogP contribution in [0.25, 0.3) is 0 Å². The molecule has 0 spiro atoms. The molecule has 1 aliphatic heterocycles. The highest BCUT2D eigenvalue weighted by atomic mass is 32.2. The summed E-state index contributed by atoms with van der Waals surface area (Å²) in [6.07, 6.45) is 0. The number of primary sulfonamides is 1. The average Bonchev–Trinajstić information content (AvgIpc) is 2.68. The van der Waals surface area contributed by atoms with Crippen molar-refractivity contribution in [2.24, 2.45) is 5.14 Å². The van der Waals surface area contributed by atoms with E-state index in [2.05, 4.69) is 0 Å². The molecule has 8 heteroatoms. The van der Waals surface area contributed by atoms with Crippen LogP contribution >= 0.6 is 11.3 Å². The van der Waals surface area contributed by atoms with E-state index in [9.17, 15) is 8.42 Å². The van der Waals surface area contributed by atoms with Gasteiger partial charge in [-0.05, 0) is 33.1 Å². The number of thiophene rings is 1. The van der Waals surface area contributed by atoms with Gasteiger partial charge in [-0.15, -0.1) is 11.3 Å². The first-order valence-electron chi connectivity index (χ1n) is 5.50. The summed E-state index contributed by atoms with van der Waals surface area (Å²) in [6.45, 7) is 7.65. The van der Waals surface area contributed by atoms with Crippen LogP contribution in [0.1, 0.15) is 27.7 Å². The van der Waals surface area contributed by atoms with Crippen LogP contribution in [0.5, 0.6) is 0 Å². The van der Waals surface area contributed by atoms with E-state index in [0.717, 1.165) is 11.3 Å². The van der Waals surface area contributed by atoms with Crippen LogP contribution < -0.4 is 10.6 Å². The van der Waals surface area contributed by atoms with E-state index < -0.39 is 28.3 Å². The Morgan fingerprint density at radius 3 is 2.17 bits per heavy atom. The molecule has 1 fully saturated rings. The molecule has 1 aromatic heterocycles. The lowest BCUT2D eigenvalue weighted by Crippen LogP contribution is -2.41. The first-order valence-corrected chi connectivity index (χ1v) is 7.93. The molecule has 100 valence electrons. The summed E-state index contributed by atoms with van der Waals surface area (Å²) in [5, 5.41) is 6.84. The van der Waals surface area contributed by atoms with Crippen molar-refractivity contribution in [1.29, 1.82) is 0 Å². The van der Waals surface area contributed by atoms with Gasteiger partial charge >= 0.3 is 7.12 Å². The van der Waals surface area contributed by atoms with Crippen LogP contribution in [0.15, 0.2) is 15.7 Å². The highest BCUT2D eigenvalue weighted by Crippen LogP contribution is 2.37. The van der Waals surface area contributed by atoms with Gasteiger partial charge in [-0.1, -0.05) is 6.07 Å². The van der Waals surface area contributed by atoms with Gasteiger partial charge in [0.25, 0.3) is 0 Å². The summed E-state index contributed by atoms with van der Waals surface area (Å²) in [7, 11) is -4.44. The van der Waals surface area contributed by atoms with Crippen molar-refractivity contribution < 1.29 is 17.7 Å². The van der Waals surface area contributed by atoms with Crippen molar-refractivity contribution in [3.8, 4) is 0 Å². The normalized spacial score (nSPS) is 22.4. The molecule has 2 N–H and O–H groups in total. The van der Waals surface area contributed by atoms with Crippen LogP contribution in [-0.2, 0) is 19.3 Å². The molecule has 18 heavy (non-hydrogen) atoms. The van der Waals surface area contributed by atoms with E-state index in [-0.39, 0.29) is 4.21 Å². The fourth-order valence-electron chi connectivity index (χ4n) is 1.68. The minimum absolute atomic E-state index is 0.0981. The van der Waals surface area contributed by atoms with Gasteiger partial charge < -0.3 is 9.31 Å². The van der Waals surface area contributed by atoms with Gasteiger partial charge in [0, 0.05) is 5.46 Å². The van der Waals surface area contributed by atoms with E-state index in [1.807, 2.05) is 27.7 Å². The SMILES string of the molecule is CC1(C)OB(c2ccsc2S(N)(=O)=O)OC1(C)C. The Labute approximate surface area is 111 Å². The molecule has 0 amide bonds. The molecular weight excluding hydrogens is 273 g/mol. The number of sulfonamides is 1. The topological polar surface area (TPSA) is 78.6 Å². The molecule has 1 aromatic rings. The lowest BCUT2D eigenvalue weighted by molar-refractivity contribution is 0.00578. The zero-order valence-electron chi connectivity index (χ0n) is 10.8. The van der Waals surface area contributed by atoms with Crippen molar-refractivity contribution in [2.45, 2.75) is 43.1 Å².